The van der Waals surface area contributed by atoms with E-state index in [4.69, 9.17) is 4.42 Å². The molecule has 1 aliphatic rings. The highest BCUT2D eigenvalue weighted by Crippen LogP contribution is 2.22. The molecule has 28 heavy (non-hydrogen) atoms. The van der Waals surface area contributed by atoms with Crippen molar-refractivity contribution in [2.24, 2.45) is 0 Å². The van der Waals surface area contributed by atoms with Crippen molar-refractivity contribution in [2.75, 3.05) is 5.32 Å². The number of rotatable bonds is 6. The number of benzene rings is 1. The van der Waals surface area contributed by atoms with E-state index >= 15 is 0 Å². The predicted molar refractivity (Wildman–Crippen MR) is 101 cm³/mol. The summed E-state index contributed by atoms with van der Waals surface area (Å²) in [7, 11) is 0. The molecule has 0 saturated carbocycles. The Labute approximate surface area is 160 Å². The quantitative estimate of drug-likeness (QED) is 0.642. The fourth-order valence-electron chi connectivity index (χ4n) is 3.18. The predicted octanol–water partition coefficient (Wildman–Crippen LogP) is 2.67. The van der Waals surface area contributed by atoms with Crippen LogP contribution in [-0.4, -0.2) is 33.8 Å². The van der Waals surface area contributed by atoms with Crippen molar-refractivity contribution in [3.63, 3.8) is 0 Å². The number of amides is 4. The van der Waals surface area contributed by atoms with Crippen LogP contribution in [0.15, 0.2) is 59.3 Å². The highest BCUT2D eigenvalue weighted by molar-refractivity contribution is 6.05. The van der Waals surface area contributed by atoms with Crippen molar-refractivity contribution in [2.45, 2.75) is 25.4 Å². The Kier molecular flexibility index (Phi) is 4.76. The van der Waals surface area contributed by atoms with Crippen molar-refractivity contribution < 1.29 is 18.8 Å². The van der Waals surface area contributed by atoms with Gasteiger partial charge in [0, 0.05) is 18.0 Å². The Hall–Kier alpha value is -3.68. The van der Waals surface area contributed by atoms with Gasteiger partial charge in [-0.05, 0) is 42.8 Å². The van der Waals surface area contributed by atoms with E-state index in [1.165, 1.54) is 6.26 Å². The van der Waals surface area contributed by atoms with Crippen LogP contribution in [0.4, 0.5) is 10.5 Å². The lowest BCUT2D eigenvalue weighted by Gasteiger charge is -2.11. The van der Waals surface area contributed by atoms with Crippen LogP contribution in [0.5, 0.6) is 0 Å². The van der Waals surface area contributed by atoms with Crippen molar-refractivity contribution >= 4 is 34.4 Å². The van der Waals surface area contributed by atoms with Gasteiger partial charge in [-0.25, -0.2) is 4.79 Å². The molecule has 1 atom stereocenters. The molecule has 1 aliphatic heterocycles. The van der Waals surface area contributed by atoms with Gasteiger partial charge in [-0.2, -0.15) is 0 Å². The zero-order chi connectivity index (χ0) is 19.5. The second-order valence-electron chi connectivity index (χ2n) is 6.47. The van der Waals surface area contributed by atoms with Crippen molar-refractivity contribution in [3.8, 4) is 0 Å². The number of nitrogens with one attached hydrogen (secondary N) is 2. The van der Waals surface area contributed by atoms with Crippen molar-refractivity contribution in [3.05, 3.63) is 60.7 Å². The summed E-state index contributed by atoms with van der Waals surface area (Å²) in [5.74, 6) is -0.0714. The average Bonchev–Trinajstić information content (AvgIpc) is 3.30. The molecule has 4 rings (SSSR count). The summed E-state index contributed by atoms with van der Waals surface area (Å²) >= 11 is 0. The number of imide groups is 1. The smallest absolute Gasteiger partial charge is 0.325 e. The van der Waals surface area contributed by atoms with Gasteiger partial charge < -0.3 is 15.1 Å². The fraction of sp³-hybridized carbons (Fsp3) is 0.200. The second-order valence-corrected chi connectivity index (χ2v) is 6.47. The number of carbonyl (C=O) groups excluding carboxylic acids is 3. The summed E-state index contributed by atoms with van der Waals surface area (Å²) in [6, 6.07) is 11.4. The normalized spacial score (nSPS) is 16.4. The van der Waals surface area contributed by atoms with Gasteiger partial charge in [0.2, 0.25) is 5.91 Å². The van der Waals surface area contributed by atoms with Crippen LogP contribution in [0.2, 0.25) is 0 Å². The number of hydrogen-bond acceptors (Lipinski definition) is 5. The van der Waals surface area contributed by atoms with Crippen LogP contribution >= 0.6 is 0 Å². The summed E-state index contributed by atoms with van der Waals surface area (Å²) in [5, 5.41) is 6.31. The zero-order valence-electron chi connectivity index (χ0n) is 14.9. The maximum atomic E-state index is 12.4. The highest BCUT2D eigenvalue weighted by atomic mass is 16.3. The van der Waals surface area contributed by atoms with Crippen LogP contribution in [0.1, 0.15) is 18.6 Å². The number of pyridine rings is 1. The number of furan rings is 1. The number of aromatic nitrogens is 1. The van der Waals surface area contributed by atoms with Crippen molar-refractivity contribution in [1.82, 2.24) is 15.2 Å². The Morgan fingerprint density at radius 2 is 2.07 bits per heavy atom. The lowest BCUT2D eigenvalue weighted by atomic mass is 10.1. The van der Waals surface area contributed by atoms with Crippen LogP contribution in [0.3, 0.4) is 0 Å². The second kappa shape index (κ2) is 7.51. The van der Waals surface area contributed by atoms with Crippen LogP contribution in [0.25, 0.3) is 10.9 Å². The number of carbonyl (C=O) groups is 3. The third kappa shape index (κ3) is 3.57. The van der Waals surface area contributed by atoms with E-state index in [9.17, 15) is 14.4 Å². The van der Waals surface area contributed by atoms with Gasteiger partial charge in [-0.1, -0.05) is 6.07 Å². The molecule has 1 fully saturated rings. The topological polar surface area (TPSA) is 105 Å². The van der Waals surface area contributed by atoms with Gasteiger partial charge in [0.05, 0.1) is 24.0 Å². The maximum absolute atomic E-state index is 12.4. The average molecular weight is 378 g/mol. The third-order valence-electron chi connectivity index (χ3n) is 4.58. The number of fused-ring (bicyclic) bond motifs is 1. The molecule has 0 unspecified atom stereocenters. The molecular weight excluding hydrogens is 360 g/mol. The lowest BCUT2D eigenvalue weighted by molar-refractivity contribution is -0.128. The van der Waals surface area contributed by atoms with Gasteiger partial charge in [0.15, 0.2) is 0 Å². The molecule has 3 aromatic rings. The largest absolute Gasteiger partial charge is 0.467 e. The maximum Gasteiger partial charge on any atom is 0.325 e. The molecule has 0 bridgehead atoms. The van der Waals surface area contributed by atoms with Gasteiger partial charge in [0.25, 0.3) is 5.91 Å². The van der Waals surface area contributed by atoms with Gasteiger partial charge >= 0.3 is 6.03 Å². The Bertz CT molecular complexity index is 1030. The summed E-state index contributed by atoms with van der Waals surface area (Å²) in [5.41, 5.74) is 1.45. The van der Waals surface area contributed by atoms with Crippen LogP contribution in [-0.2, 0) is 16.1 Å². The molecule has 142 valence electrons. The van der Waals surface area contributed by atoms with Gasteiger partial charge in [-0.15, -0.1) is 0 Å². The van der Waals surface area contributed by atoms with E-state index in [1.807, 2.05) is 18.2 Å². The Balaban J connectivity index is 1.36. The number of anilines is 1. The molecule has 8 heteroatoms. The monoisotopic (exact) mass is 378 g/mol. The van der Waals surface area contributed by atoms with E-state index in [0.29, 0.717) is 11.4 Å². The van der Waals surface area contributed by atoms with Gasteiger partial charge in [-0.3, -0.25) is 19.5 Å². The zero-order valence-corrected chi connectivity index (χ0v) is 14.9. The van der Waals surface area contributed by atoms with E-state index in [-0.39, 0.29) is 31.2 Å². The van der Waals surface area contributed by atoms with E-state index in [1.54, 1.807) is 30.5 Å². The molecule has 2 N–H and O–H groups in total. The molecule has 4 amide bonds. The molecule has 1 aromatic carbocycles. The Morgan fingerprint density at radius 3 is 2.89 bits per heavy atom. The SMILES string of the molecule is O=C(CC[C@@H]1NC(=O)N(Cc2ccco2)C1=O)Nc1cccc2ncccc12. The molecule has 0 aliphatic carbocycles. The van der Waals surface area contributed by atoms with E-state index in [0.717, 1.165) is 15.8 Å². The van der Waals surface area contributed by atoms with Gasteiger partial charge in [0.1, 0.15) is 11.8 Å². The molecule has 0 radical (unpaired) electrons. The first-order valence-corrected chi connectivity index (χ1v) is 8.89. The fourth-order valence-corrected chi connectivity index (χ4v) is 3.18. The van der Waals surface area contributed by atoms with Crippen LogP contribution < -0.4 is 10.6 Å². The summed E-state index contributed by atoms with van der Waals surface area (Å²) < 4.78 is 5.18. The standard InChI is InChI=1S/C20H18N4O4/c25-18(22-16-7-1-6-15-14(16)5-2-10-21-15)9-8-17-19(26)24(20(27)23-17)12-13-4-3-11-28-13/h1-7,10-11,17H,8-9,12H2,(H,22,25)(H,23,27)/t17-/m0/s1. The summed E-state index contributed by atoms with van der Waals surface area (Å²) in [6.45, 7) is 0.0728. The molecule has 0 spiro atoms. The summed E-state index contributed by atoms with van der Waals surface area (Å²) in [4.78, 5) is 42.2. The van der Waals surface area contributed by atoms with E-state index < -0.39 is 12.1 Å². The molecular formula is C20H18N4O4. The summed E-state index contributed by atoms with van der Waals surface area (Å²) in [6.07, 6.45) is 3.49. The number of urea groups is 1. The number of hydrogen-bond donors (Lipinski definition) is 2. The van der Waals surface area contributed by atoms with Crippen LogP contribution in [0, 0.1) is 0 Å². The molecule has 2 aromatic heterocycles. The lowest BCUT2D eigenvalue weighted by Crippen LogP contribution is -2.31. The van der Waals surface area contributed by atoms with E-state index in [2.05, 4.69) is 15.6 Å². The molecule has 1 saturated heterocycles. The molecule has 8 nitrogen and oxygen atoms in total. The first kappa shape index (κ1) is 17.7. The first-order valence-electron chi connectivity index (χ1n) is 8.89. The number of nitrogens with zero attached hydrogens (tertiary/aromatic N) is 2. The minimum atomic E-state index is -0.720. The van der Waals surface area contributed by atoms with Crippen molar-refractivity contribution in [1.29, 1.82) is 0 Å². The highest BCUT2D eigenvalue weighted by Gasteiger charge is 2.38. The first-order chi connectivity index (χ1) is 13.6. The molecule has 3 heterocycles. The minimum Gasteiger partial charge on any atom is -0.467 e. The minimum absolute atomic E-state index is 0.0728. The third-order valence-corrected chi connectivity index (χ3v) is 4.58. The Morgan fingerprint density at radius 1 is 1.18 bits per heavy atom.